The number of ether oxygens (including phenoxy) is 1. The number of rotatable bonds is 1. The Balaban J connectivity index is 2.49. The summed E-state index contributed by atoms with van der Waals surface area (Å²) in [7, 11) is 0. The largest absolute Gasteiger partial charge is 0.488 e. The quantitative estimate of drug-likeness (QED) is 0.707. The van der Waals surface area contributed by atoms with E-state index >= 15 is 0 Å². The highest BCUT2D eigenvalue weighted by atomic mass is 16.5. The normalized spacial score (nSPS) is 25.8. The van der Waals surface area contributed by atoms with E-state index in [0.717, 1.165) is 0 Å². The summed E-state index contributed by atoms with van der Waals surface area (Å²) in [5.41, 5.74) is -0.235. The van der Waals surface area contributed by atoms with Crippen molar-refractivity contribution in [2.24, 2.45) is 5.92 Å². The molecular weight excluding hydrogens is 166 g/mol. The maximum Gasteiger partial charge on any atom is 0.146 e. The predicted octanol–water partition coefficient (Wildman–Crippen LogP) is 1.32. The third-order valence-electron chi connectivity index (χ3n) is 2.58. The van der Waals surface area contributed by atoms with E-state index in [1.54, 1.807) is 6.20 Å². The fraction of sp³-hybridized carbons (Fsp3) is 0.500. The van der Waals surface area contributed by atoms with Crippen LogP contribution in [0.3, 0.4) is 0 Å². The molecule has 3 nitrogen and oxygen atoms in total. The molecule has 0 bridgehead atoms. The molecule has 1 N–H and O–H groups in total. The summed E-state index contributed by atoms with van der Waals surface area (Å²) in [6, 6.07) is 3.65. The second-order valence-corrected chi connectivity index (χ2v) is 3.72. The van der Waals surface area contributed by atoms with Crippen molar-refractivity contribution in [3.8, 4) is 5.75 Å². The fourth-order valence-corrected chi connectivity index (χ4v) is 1.53. The molecule has 2 heterocycles. The minimum atomic E-state index is -0.906. The van der Waals surface area contributed by atoms with Crippen molar-refractivity contribution in [2.45, 2.75) is 19.4 Å². The molecule has 13 heavy (non-hydrogen) atoms. The molecule has 1 atom stereocenters. The van der Waals surface area contributed by atoms with Gasteiger partial charge in [0.2, 0.25) is 0 Å². The Morgan fingerprint density at radius 1 is 1.62 bits per heavy atom. The molecule has 1 aromatic heterocycles. The number of hydrogen-bond acceptors (Lipinski definition) is 3. The number of nitrogens with zero attached hydrogens (tertiary/aromatic N) is 1. The van der Waals surface area contributed by atoms with Gasteiger partial charge in [0.25, 0.3) is 0 Å². The smallest absolute Gasteiger partial charge is 0.146 e. The SMILES string of the molecule is CC(C)C1(O)COc2cccnc21. The zero-order valence-corrected chi connectivity index (χ0v) is 7.82. The maximum absolute atomic E-state index is 10.2. The minimum Gasteiger partial charge on any atom is -0.488 e. The summed E-state index contributed by atoms with van der Waals surface area (Å²) in [5.74, 6) is 0.822. The molecule has 1 aliphatic rings. The molecule has 3 heteroatoms. The summed E-state index contributed by atoms with van der Waals surface area (Å²) in [5, 5.41) is 10.2. The summed E-state index contributed by atoms with van der Waals surface area (Å²) in [4.78, 5) is 4.16. The molecule has 70 valence electrons. The lowest BCUT2D eigenvalue weighted by Gasteiger charge is -2.24. The van der Waals surface area contributed by atoms with Crippen molar-refractivity contribution in [1.82, 2.24) is 4.98 Å². The highest BCUT2D eigenvalue weighted by molar-refractivity contribution is 5.36. The molecule has 2 rings (SSSR count). The zero-order chi connectivity index (χ0) is 9.47. The Bertz CT molecular complexity index is 324. The van der Waals surface area contributed by atoms with Crippen LogP contribution in [-0.4, -0.2) is 16.7 Å². The second-order valence-electron chi connectivity index (χ2n) is 3.72. The third-order valence-corrected chi connectivity index (χ3v) is 2.58. The van der Waals surface area contributed by atoms with E-state index in [1.807, 2.05) is 26.0 Å². The van der Waals surface area contributed by atoms with Crippen LogP contribution in [0.25, 0.3) is 0 Å². The first-order valence-electron chi connectivity index (χ1n) is 4.45. The summed E-state index contributed by atoms with van der Waals surface area (Å²) >= 11 is 0. The van der Waals surface area contributed by atoms with Gasteiger partial charge in [-0.15, -0.1) is 0 Å². The van der Waals surface area contributed by atoms with Gasteiger partial charge >= 0.3 is 0 Å². The van der Waals surface area contributed by atoms with Crippen molar-refractivity contribution in [1.29, 1.82) is 0 Å². The zero-order valence-electron chi connectivity index (χ0n) is 7.82. The number of hydrogen-bond donors (Lipinski definition) is 1. The minimum absolute atomic E-state index is 0.114. The van der Waals surface area contributed by atoms with Crippen molar-refractivity contribution in [3.05, 3.63) is 24.0 Å². The van der Waals surface area contributed by atoms with Gasteiger partial charge in [-0.3, -0.25) is 4.98 Å². The van der Waals surface area contributed by atoms with Crippen LogP contribution in [0, 0.1) is 5.92 Å². The maximum atomic E-state index is 10.2. The number of fused-ring (bicyclic) bond motifs is 1. The van der Waals surface area contributed by atoms with Gasteiger partial charge < -0.3 is 9.84 Å². The van der Waals surface area contributed by atoms with E-state index in [1.165, 1.54) is 0 Å². The van der Waals surface area contributed by atoms with Gasteiger partial charge in [0.1, 0.15) is 23.7 Å². The Morgan fingerprint density at radius 3 is 3.08 bits per heavy atom. The molecule has 1 aromatic rings. The van der Waals surface area contributed by atoms with Crippen molar-refractivity contribution >= 4 is 0 Å². The van der Waals surface area contributed by atoms with Crippen LogP contribution in [0.4, 0.5) is 0 Å². The van der Waals surface area contributed by atoms with E-state index in [-0.39, 0.29) is 5.92 Å². The number of pyridine rings is 1. The lowest BCUT2D eigenvalue weighted by atomic mass is 9.89. The highest BCUT2D eigenvalue weighted by Gasteiger charge is 2.42. The molecule has 0 saturated carbocycles. The third kappa shape index (κ3) is 1.11. The second kappa shape index (κ2) is 2.70. The van der Waals surface area contributed by atoms with Gasteiger partial charge in [-0.25, -0.2) is 0 Å². The molecular formula is C10H13NO2. The first-order valence-corrected chi connectivity index (χ1v) is 4.45. The van der Waals surface area contributed by atoms with E-state index in [9.17, 15) is 5.11 Å². The highest BCUT2D eigenvalue weighted by Crippen LogP contribution is 2.39. The lowest BCUT2D eigenvalue weighted by molar-refractivity contribution is -0.0282. The molecule has 0 saturated heterocycles. The Morgan fingerprint density at radius 2 is 2.38 bits per heavy atom. The molecule has 1 aliphatic heterocycles. The molecule has 1 unspecified atom stereocenters. The monoisotopic (exact) mass is 179 g/mol. The average Bonchev–Trinajstić information content (AvgIpc) is 2.47. The van der Waals surface area contributed by atoms with Crippen LogP contribution >= 0.6 is 0 Å². The van der Waals surface area contributed by atoms with E-state index in [0.29, 0.717) is 18.1 Å². The van der Waals surface area contributed by atoms with Crippen molar-refractivity contribution in [3.63, 3.8) is 0 Å². The Labute approximate surface area is 77.4 Å². The molecule has 0 amide bonds. The van der Waals surface area contributed by atoms with Gasteiger partial charge in [-0.1, -0.05) is 13.8 Å². The molecule has 0 radical (unpaired) electrons. The van der Waals surface area contributed by atoms with Crippen molar-refractivity contribution < 1.29 is 9.84 Å². The molecule has 0 spiro atoms. The first-order chi connectivity index (χ1) is 6.14. The number of aliphatic hydroxyl groups is 1. The van der Waals surface area contributed by atoms with Crippen LogP contribution in [0.15, 0.2) is 18.3 Å². The summed E-state index contributed by atoms with van der Waals surface area (Å²) < 4.78 is 5.36. The van der Waals surface area contributed by atoms with Gasteiger partial charge in [0.05, 0.1) is 0 Å². The van der Waals surface area contributed by atoms with Crippen LogP contribution in [0.2, 0.25) is 0 Å². The topological polar surface area (TPSA) is 42.4 Å². The predicted molar refractivity (Wildman–Crippen MR) is 48.5 cm³/mol. The van der Waals surface area contributed by atoms with E-state index in [2.05, 4.69) is 4.98 Å². The molecule has 0 fully saturated rings. The summed E-state index contributed by atoms with van der Waals surface area (Å²) in [6.45, 7) is 4.25. The Kier molecular flexibility index (Phi) is 1.77. The van der Waals surface area contributed by atoms with Crippen molar-refractivity contribution in [2.75, 3.05) is 6.61 Å². The standard InChI is InChI=1S/C10H13NO2/c1-7(2)10(12)6-13-8-4-3-5-11-9(8)10/h3-5,7,12H,6H2,1-2H3. The van der Waals surface area contributed by atoms with E-state index < -0.39 is 5.60 Å². The van der Waals surface area contributed by atoms with Crippen LogP contribution in [0.1, 0.15) is 19.5 Å². The van der Waals surface area contributed by atoms with Crippen LogP contribution in [0.5, 0.6) is 5.75 Å². The van der Waals surface area contributed by atoms with Gasteiger partial charge in [0.15, 0.2) is 0 Å². The summed E-state index contributed by atoms with van der Waals surface area (Å²) in [6.07, 6.45) is 1.68. The first kappa shape index (κ1) is 8.51. The van der Waals surface area contributed by atoms with Crippen LogP contribution < -0.4 is 4.74 Å². The van der Waals surface area contributed by atoms with Crippen LogP contribution in [-0.2, 0) is 5.60 Å². The average molecular weight is 179 g/mol. The van der Waals surface area contributed by atoms with E-state index in [4.69, 9.17) is 4.74 Å². The molecule has 0 aromatic carbocycles. The fourth-order valence-electron chi connectivity index (χ4n) is 1.53. The van der Waals surface area contributed by atoms with Gasteiger partial charge in [-0.05, 0) is 18.1 Å². The Hall–Kier alpha value is -1.09. The molecule has 0 aliphatic carbocycles. The van der Waals surface area contributed by atoms with Gasteiger partial charge in [-0.2, -0.15) is 0 Å². The number of aromatic nitrogens is 1. The lowest BCUT2D eigenvalue weighted by Crippen LogP contribution is -2.34. The van der Waals surface area contributed by atoms with Gasteiger partial charge in [0, 0.05) is 6.20 Å².